The number of hydrogen-bond donors (Lipinski definition) is 1. The molecule has 0 bridgehead atoms. The molecule has 3 aromatic rings. The minimum Gasteiger partial charge on any atom is -0.352 e. The highest BCUT2D eigenvalue weighted by Gasteiger charge is 2.34. The molecule has 1 fully saturated rings. The number of sulfonamides is 1. The van der Waals surface area contributed by atoms with Crippen LogP contribution < -0.4 is 9.62 Å². The maximum Gasteiger partial charge on any atom is 0.244 e. The van der Waals surface area contributed by atoms with E-state index in [2.05, 4.69) is 5.32 Å². The summed E-state index contributed by atoms with van der Waals surface area (Å²) >= 11 is 6.44. The number of halogens is 3. The van der Waals surface area contributed by atoms with Crippen LogP contribution in [0.4, 0.5) is 14.5 Å². The summed E-state index contributed by atoms with van der Waals surface area (Å²) in [4.78, 5) is 29.2. The minimum absolute atomic E-state index is 0.0206. The molecule has 1 aliphatic rings. The van der Waals surface area contributed by atoms with Crippen molar-refractivity contribution < 1.29 is 26.8 Å². The van der Waals surface area contributed by atoms with Gasteiger partial charge in [-0.25, -0.2) is 17.2 Å². The summed E-state index contributed by atoms with van der Waals surface area (Å²) < 4.78 is 53.9. The predicted octanol–water partition coefficient (Wildman–Crippen LogP) is 5.08. The van der Waals surface area contributed by atoms with Crippen molar-refractivity contribution in [2.24, 2.45) is 0 Å². The van der Waals surface area contributed by atoms with E-state index < -0.39 is 40.2 Å². The maximum atomic E-state index is 14.1. The van der Waals surface area contributed by atoms with Crippen LogP contribution >= 0.6 is 11.6 Å². The van der Waals surface area contributed by atoms with E-state index in [0.717, 1.165) is 55.7 Å². The molecular weight excluding hydrogens is 572 g/mol. The first-order valence-electron chi connectivity index (χ1n) is 13.3. The minimum atomic E-state index is -4.11. The summed E-state index contributed by atoms with van der Waals surface area (Å²) in [5.41, 5.74) is 1.15. The van der Waals surface area contributed by atoms with E-state index in [0.29, 0.717) is 14.9 Å². The zero-order valence-corrected chi connectivity index (χ0v) is 24.2. The highest BCUT2D eigenvalue weighted by Crippen LogP contribution is 2.25. The first kappa shape index (κ1) is 30.5. The smallest absolute Gasteiger partial charge is 0.244 e. The molecule has 1 aliphatic carbocycles. The van der Waals surface area contributed by atoms with Crippen molar-refractivity contribution in [1.82, 2.24) is 10.2 Å². The summed E-state index contributed by atoms with van der Waals surface area (Å²) in [7, 11) is -4.11. The van der Waals surface area contributed by atoms with Crippen molar-refractivity contribution in [1.29, 1.82) is 0 Å². The summed E-state index contributed by atoms with van der Waals surface area (Å²) in [5.74, 6) is -3.47. The van der Waals surface area contributed by atoms with Gasteiger partial charge in [0.1, 0.15) is 12.6 Å². The van der Waals surface area contributed by atoms with Gasteiger partial charge in [0, 0.05) is 30.1 Å². The Morgan fingerprint density at radius 2 is 1.63 bits per heavy atom. The first-order valence-corrected chi connectivity index (χ1v) is 15.6. The fourth-order valence-electron chi connectivity index (χ4n) is 4.99. The summed E-state index contributed by atoms with van der Waals surface area (Å²) in [6.07, 6.45) is 4.69. The largest absolute Gasteiger partial charge is 0.352 e. The zero-order chi connectivity index (χ0) is 29.6. The van der Waals surface area contributed by atoms with Crippen LogP contribution in [-0.4, -0.2) is 50.0 Å². The molecule has 0 radical (unpaired) electrons. The zero-order valence-electron chi connectivity index (χ0n) is 22.6. The Morgan fingerprint density at radius 3 is 2.27 bits per heavy atom. The Bertz CT molecular complexity index is 1480. The van der Waals surface area contributed by atoms with E-state index in [4.69, 9.17) is 11.6 Å². The van der Waals surface area contributed by atoms with Gasteiger partial charge in [-0.2, -0.15) is 0 Å². The number of anilines is 1. The third kappa shape index (κ3) is 8.04. The lowest BCUT2D eigenvalue weighted by Gasteiger charge is -2.34. The quantitative estimate of drug-likeness (QED) is 0.331. The lowest BCUT2D eigenvalue weighted by molar-refractivity contribution is -0.140. The number of rotatable bonds is 11. The van der Waals surface area contributed by atoms with Crippen LogP contribution in [0.15, 0.2) is 72.8 Å². The van der Waals surface area contributed by atoms with Crippen LogP contribution in [0.3, 0.4) is 0 Å². The molecular formula is C30H32ClF2N3O4S. The molecule has 4 rings (SSSR count). The van der Waals surface area contributed by atoms with Crippen molar-refractivity contribution >= 4 is 39.1 Å². The van der Waals surface area contributed by atoms with Crippen LogP contribution in [-0.2, 0) is 32.6 Å². The number of nitrogens with one attached hydrogen (secondary N) is 1. The highest BCUT2D eigenvalue weighted by atomic mass is 35.5. The molecule has 0 aliphatic heterocycles. The predicted molar refractivity (Wildman–Crippen MR) is 155 cm³/mol. The van der Waals surface area contributed by atoms with Crippen molar-refractivity contribution in [3.63, 3.8) is 0 Å². The molecule has 1 unspecified atom stereocenters. The molecule has 218 valence electrons. The van der Waals surface area contributed by atoms with E-state index >= 15 is 0 Å². The van der Waals surface area contributed by atoms with Crippen LogP contribution in [0.25, 0.3) is 0 Å². The van der Waals surface area contributed by atoms with Crippen LogP contribution in [0.2, 0.25) is 5.02 Å². The molecule has 0 aromatic heterocycles. The van der Waals surface area contributed by atoms with Gasteiger partial charge in [0.05, 0.1) is 11.9 Å². The van der Waals surface area contributed by atoms with E-state index in [1.54, 1.807) is 24.3 Å². The van der Waals surface area contributed by atoms with Gasteiger partial charge >= 0.3 is 0 Å². The van der Waals surface area contributed by atoms with Crippen LogP contribution in [0.1, 0.15) is 36.8 Å². The number of hydrogen-bond acceptors (Lipinski definition) is 4. The van der Waals surface area contributed by atoms with Gasteiger partial charge in [0.2, 0.25) is 21.8 Å². The van der Waals surface area contributed by atoms with Gasteiger partial charge in [0.25, 0.3) is 0 Å². The fraction of sp³-hybridized carbons (Fsp3) is 0.333. The van der Waals surface area contributed by atoms with E-state index in [9.17, 15) is 26.8 Å². The van der Waals surface area contributed by atoms with E-state index in [1.807, 2.05) is 30.3 Å². The molecule has 3 aromatic carbocycles. The van der Waals surface area contributed by atoms with Gasteiger partial charge in [-0.15, -0.1) is 0 Å². The number of carbonyl (C=O) groups excluding carboxylic acids is 2. The summed E-state index contributed by atoms with van der Waals surface area (Å²) in [5, 5.41) is 3.45. The van der Waals surface area contributed by atoms with Gasteiger partial charge in [-0.05, 0) is 42.2 Å². The van der Waals surface area contributed by atoms with Gasteiger partial charge < -0.3 is 10.2 Å². The van der Waals surface area contributed by atoms with Gasteiger partial charge in [-0.1, -0.05) is 73.0 Å². The monoisotopic (exact) mass is 603 g/mol. The third-order valence-electron chi connectivity index (χ3n) is 7.14. The molecule has 41 heavy (non-hydrogen) atoms. The normalized spacial score (nSPS) is 14.4. The Labute approximate surface area is 244 Å². The molecule has 11 heteroatoms. The molecule has 1 atom stereocenters. The number of carbonyl (C=O) groups is 2. The van der Waals surface area contributed by atoms with Crippen LogP contribution in [0, 0.1) is 11.6 Å². The van der Waals surface area contributed by atoms with Crippen LogP contribution in [0.5, 0.6) is 0 Å². The molecule has 0 spiro atoms. The number of benzene rings is 3. The second-order valence-electron chi connectivity index (χ2n) is 10.2. The Kier molecular flexibility index (Phi) is 9.99. The lowest BCUT2D eigenvalue weighted by atomic mass is 10.0. The molecule has 0 saturated heterocycles. The average molecular weight is 604 g/mol. The average Bonchev–Trinajstić information content (AvgIpc) is 3.44. The molecule has 1 N–H and O–H groups in total. The van der Waals surface area contributed by atoms with E-state index in [1.165, 1.54) is 4.90 Å². The standard InChI is InChI=1S/C30H32ClF2N3O4S/c1-41(39,40)36(24-15-16-26(32)27(33)18-24)20-29(37)35(19-22-11-5-8-14-25(22)31)28(17-21-9-3-2-4-10-21)30(38)34-23-12-6-7-13-23/h2-5,8-11,14-16,18,23,28H,6-7,12-13,17,19-20H2,1H3,(H,34,38). The molecule has 1 saturated carbocycles. The topological polar surface area (TPSA) is 86.8 Å². The Balaban J connectivity index is 1.74. The number of nitrogens with zero attached hydrogens (tertiary/aromatic N) is 2. The highest BCUT2D eigenvalue weighted by molar-refractivity contribution is 7.92. The maximum absolute atomic E-state index is 14.1. The second kappa shape index (κ2) is 13.4. The van der Waals surface area contributed by atoms with Gasteiger partial charge in [0.15, 0.2) is 11.6 Å². The third-order valence-corrected chi connectivity index (χ3v) is 8.65. The van der Waals surface area contributed by atoms with E-state index in [-0.39, 0.29) is 30.6 Å². The Morgan fingerprint density at radius 1 is 0.976 bits per heavy atom. The second-order valence-corrected chi connectivity index (χ2v) is 12.5. The fourth-order valence-corrected chi connectivity index (χ4v) is 6.02. The molecule has 7 nitrogen and oxygen atoms in total. The number of amides is 2. The van der Waals surface area contributed by atoms with Crippen molar-refractivity contribution in [2.45, 2.75) is 50.7 Å². The molecule has 0 heterocycles. The first-order chi connectivity index (χ1) is 19.5. The van der Waals surface area contributed by atoms with Crippen molar-refractivity contribution in [3.8, 4) is 0 Å². The molecule has 2 amide bonds. The van der Waals surface area contributed by atoms with Gasteiger partial charge in [-0.3, -0.25) is 13.9 Å². The van der Waals surface area contributed by atoms with Crippen molar-refractivity contribution in [3.05, 3.63) is 101 Å². The Hall–Kier alpha value is -3.50. The summed E-state index contributed by atoms with van der Waals surface area (Å²) in [6, 6.07) is 17.6. The summed E-state index contributed by atoms with van der Waals surface area (Å²) in [6.45, 7) is -0.820. The lowest BCUT2D eigenvalue weighted by Crippen LogP contribution is -2.54. The van der Waals surface area contributed by atoms with Crippen molar-refractivity contribution in [2.75, 3.05) is 17.1 Å². The SMILES string of the molecule is CS(=O)(=O)N(CC(=O)N(Cc1ccccc1Cl)C(Cc1ccccc1)C(=O)NC1CCCC1)c1ccc(F)c(F)c1.